The number of nitrogens with one attached hydrogen (secondary N) is 1. The second-order valence-electron chi connectivity index (χ2n) is 11.7. The number of amides is 1. The standard InChI is InChI=1S/C34H43F3N2O10/c1-22(33(44)48-19-23-11-13-24(14-12-23)20-49-39(45)46)38-32(43)10-5-3-2-4-9-28-29(31(42)18-30(28)41)16-15-26(40)21-47-27-8-6-7-25(17-27)34(35,36)37/h2,4,6-8,11-17,22,26,28-31,40-42,45-46H,3,5,9-10,18-21H2,1H3,(H,38,43)/b4-2-,16-15+/t22?,26-,28-,29-,30+,31-/m1/s1. The summed E-state index contributed by atoms with van der Waals surface area (Å²) in [6.45, 7) is 1.14. The number of aliphatic hydroxyl groups excluding tert-OH is 3. The van der Waals surface area contributed by atoms with Gasteiger partial charge in [-0.25, -0.2) is 9.63 Å². The van der Waals surface area contributed by atoms with Crippen LogP contribution in [-0.4, -0.2) is 74.0 Å². The van der Waals surface area contributed by atoms with E-state index in [2.05, 4.69) is 10.2 Å². The first-order chi connectivity index (χ1) is 23.2. The van der Waals surface area contributed by atoms with Gasteiger partial charge in [0, 0.05) is 18.8 Å². The van der Waals surface area contributed by atoms with E-state index in [0.29, 0.717) is 30.4 Å². The van der Waals surface area contributed by atoms with E-state index in [1.807, 2.05) is 12.2 Å². The molecule has 6 atom stereocenters. The summed E-state index contributed by atoms with van der Waals surface area (Å²) < 4.78 is 49.3. The number of esters is 1. The summed E-state index contributed by atoms with van der Waals surface area (Å²) in [7, 11) is 0. The molecule has 1 amide bonds. The molecule has 2 aromatic carbocycles. The lowest BCUT2D eigenvalue weighted by Gasteiger charge is -2.19. The Hall–Kier alpha value is -3.83. The fourth-order valence-corrected chi connectivity index (χ4v) is 5.23. The van der Waals surface area contributed by atoms with Gasteiger partial charge in [0.25, 0.3) is 0 Å². The molecule has 0 heterocycles. The van der Waals surface area contributed by atoms with Gasteiger partial charge < -0.3 is 30.1 Å². The summed E-state index contributed by atoms with van der Waals surface area (Å²) in [5.41, 5.74) is 0.484. The van der Waals surface area contributed by atoms with Crippen LogP contribution in [0, 0.1) is 11.8 Å². The van der Waals surface area contributed by atoms with E-state index in [1.165, 1.54) is 25.1 Å². The molecule has 1 saturated carbocycles. The van der Waals surface area contributed by atoms with Gasteiger partial charge in [0.05, 0.1) is 29.8 Å². The van der Waals surface area contributed by atoms with Gasteiger partial charge in [0.15, 0.2) is 0 Å². The van der Waals surface area contributed by atoms with Gasteiger partial charge in [-0.2, -0.15) is 13.2 Å². The first-order valence-electron chi connectivity index (χ1n) is 15.7. The Bertz CT molecular complexity index is 1390. The highest BCUT2D eigenvalue weighted by atomic mass is 19.4. The number of carbonyl (C=O) groups excluding carboxylic acids is 2. The largest absolute Gasteiger partial charge is 0.491 e. The van der Waals surface area contributed by atoms with Gasteiger partial charge >= 0.3 is 12.1 Å². The number of benzene rings is 2. The summed E-state index contributed by atoms with van der Waals surface area (Å²) in [6.07, 6.45) is 1.22. The molecule has 0 aromatic heterocycles. The van der Waals surface area contributed by atoms with Crippen molar-refractivity contribution < 1.29 is 62.8 Å². The Balaban J connectivity index is 1.34. The third-order valence-corrected chi connectivity index (χ3v) is 7.88. The first-order valence-corrected chi connectivity index (χ1v) is 15.7. The van der Waals surface area contributed by atoms with Crippen LogP contribution in [0.3, 0.4) is 0 Å². The van der Waals surface area contributed by atoms with Crippen molar-refractivity contribution in [1.29, 1.82) is 0 Å². The summed E-state index contributed by atoms with van der Waals surface area (Å²) in [4.78, 5) is 29.1. The highest BCUT2D eigenvalue weighted by Crippen LogP contribution is 2.36. The number of unbranched alkanes of at least 4 members (excludes halogenated alkanes) is 1. The molecule has 49 heavy (non-hydrogen) atoms. The van der Waals surface area contributed by atoms with E-state index in [0.717, 1.165) is 12.1 Å². The molecule has 1 fully saturated rings. The van der Waals surface area contributed by atoms with Crippen LogP contribution in [0.15, 0.2) is 72.8 Å². The number of halogens is 3. The minimum Gasteiger partial charge on any atom is -0.491 e. The van der Waals surface area contributed by atoms with Crippen molar-refractivity contribution in [3.8, 4) is 5.75 Å². The van der Waals surface area contributed by atoms with Gasteiger partial charge in [0.1, 0.15) is 31.1 Å². The van der Waals surface area contributed by atoms with Crippen LogP contribution in [0.5, 0.6) is 5.75 Å². The van der Waals surface area contributed by atoms with Gasteiger partial charge in [-0.3, -0.25) is 15.2 Å². The van der Waals surface area contributed by atoms with E-state index in [9.17, 15) is 38.1 Å². The molecule has 6 N–H and O–H groups in total. The quantitative estimate of drug-likeness (QED) is 0.0569. The number of hydrogen-bond acceptors (Lipinski definition) is 11. The van der Waals surface area contributed by atoms with Crippen molar-refractivity contribution in [2.45, 2.75) is 82.8 Å². The summed E-state index contributed by atoms with van der Waals surface area (Å²) in [5, 5.41) is 50.6. The molecule has 0 radical (unpaired) electrons. The number of carbonyl (C=O) groups is 2. The van der Waals surface area contributed by atoms with Crippen molar-refractivity contribution in [2.75, 3.05) is 6.61 Å². The smallest absolute Gasteiger partial charge is 0.416 e. The number of allylic oxidation sites excluding steroid dienone is 2. The molecule has 2 aromatic rings. The normalized spacial score (nSPS) is 20.9. The molecular formula is C34H43F3N2O10. The zero-order valence-corrected chi connectivity index (χ0v) is 26.9. The predicted octanol–water partition coefficient (Wildman–Crippen LogP) is 4.24. The number of hydrogen-bond donors (Lipinski definition) is 6. The molecule has 0 bridgehead atoms. The molecule has 0 spiro atoms. The van der Waals surface area contributed by atoms with Gasteiger partial charge in [-0.1, -0.05) is 54.6 Å². The highest BCUT2D eigenvalue weighted by molar-refractivity contribution is 5.84. The van der Waals surface area contributed by atoms with Gasteiger partial charge in [-0.05, 0) is 61.4 Å². The molecule has 1 unspecified atom stereocenters. The highest BCUT2D eigenvalue weighted by Gasteiger charge is 2.39. The van der Waals surface area contributed by atoms with E-state index in [1.54, 1.807) is 30.3 Å². The molecule has 3 rings (SSSR count). The molecule has 270 valence electrons. The molecule has 15 heteroatoms. The number of rotatable bonds is 18. The van der Waals surface area contributed by atoms with Crippen LogP contribution in [0.1, 0.15) is 55.7 Å². The first kappa shape index (κ1) is 39.6. The fourth-order valence-electron chi connectivity index (χ4n) is 5.23. The van der Waals surface area contributed by atoms with Crippen molar-refractivity contribution in [3.63, 3.8) is 0 Å². The Morgan fingerprint density at radius 1 is 1.04 bits per heavy atom. The van der Waals surface area contributed by atoms with E-state index in [-0.39, 0.29) is 55.6 Å². The van der Waals surface area contributed by atoms with Crippen LogP contribution in [0.2, 0.25) is 0 Å². The van der Waals surface area contributed by atoms with E-state index in [4.69, 9.17) is 19.9 Å². The van der Waals surface area contributed by atoms with Crippen LogP contribution < -0.4 is 10.1 Å². The van der Waals surface area contributed by atoms with Crippen LogP contribution >= 0.6 is 0 Å². The zero-order valence-electron chi connectivity index (χ0n) is 26.9. The third kappa shape index (κ3) is 13.9. The number of nitrogens with zero attached hydrogens (tertiary/aromatic N) is 1. The third-order valence-electron chi connectivity index (χ3n) is 7.88. The number of aliphatic hydroxyl groups is 3. The van der Waals surface area contributed by atoms with Crippen molar-refractivity contribution in [3.05, 3.63) is 89.5 Å². The predicted molar refractivity (Wildman–Crippen MR) is 167 cm³/mol. The average molecular weight is 697 g/mol. The molecule has 12 nitrogen and oxygen atoms in total. The van der Waals surface area contributed by atoms with E-state index < -0.39 is 48.0 Å². The second kappa shape index (κ2) is 19.4. The number of alkyl halides is 3. The van der Waals surface area contributed by atoms with Crippen molar-refractivity contribution >= 4 is 11.9 Å². The maximum atomic E-state index is 12.9. The monoisotopic (exact) mass is 696 g/mol. The minimum absolute atomic E-state index is 0.0151. The molecule has 0 aliphatic heterocycles. The van der Waals surface area contributed by atoms with E-state index >= 15 is 0 Å². The maximum Gasteiger partial charge on any atom is 0.416 e. The zero-order chi connectivity index (χ0) is 36.0. The van der Waals surface area contributed by atoms with Crippen LogP contribution in [0.4, 0.5) is 13.2 Å². The average Bonchev–Trinajstić information content (AvgIpc) is 3.33. The SMILES string of the molecule is CC(NC(=O)CCC/C=C\C[C@@H]1[C@@H](/C=C/[C@@H](O)COc2cccc(C(F)(F)F)c2)[C@H](O)C[C@@H]1O)C(=O)OCc1ccc(CON(O)O)cc1. The van der Waals surface area contributed by atoms with Crippen LogP contribution in [0.25, 0.3) is 0 Å². The summed E-state index contributed by atoms with van der Waals surface area (Å²) in [5.74, 6) is -1.76. The maximum absolute atomic E-state index is 12.9. The molecule has 1 aliphatic rings. The minimum atomic E-state index is -4.52. The Kier molecular flexibility index (Phi) is 15.7. The molecular weight excluding hydrogens is 653 g/mol. The van der Waals surface area contributed by atoms with Crippen LogP contribution in [-0.2, 0) is 38.6 Å². The lowest BCUT2D eigenvalue weighted by atomic mass is 9.89. The van der Waals surface area contributed by atoms with Gasteiger partial charge in [0.2, 0.25) is 5.91 Å². The lowest BCUT2D eigenvalue weighted by Crippen LogP contribution is -2.39. The molecule has 0 saturated heterocycles. The Morgan fingerprint density at radius 3 is 2.41 bits per heavy atom. The topological polar surface area (TPSA) is 178 Å². The molecule has 1 aliphatic carbocycles. The van der Waals surface area contributed by atoms with Crippen molar-refractivity contribution in [2.24, 2.45) is 11.8 Å². The second-order valence-corrected chi connectivity index (χ2v) is 11.7. The Labute approximate surface area is 281 Å². The lowest BCUT2D eigenvalue weighted by molar-refractivity contribution is -0.497. The number of ether oxygens (including phenoxy) is 2. The van der Waals surface area contributed by atoms with Crippen molar-refractivity contribution in [1.82, 2.24) is 10.7 Å². The van der Waals surface area contributed by atoms with Gasteiger partial charge in [-0.15, -0.1) is 0 Å². The Morgan fingerprint density at radius 2 is 1.73 bits per heavy atom. The fraction of sp³-hybridized carbons (Fsp3) is 0.471. The summed E-state index contributed by atoms with van der Waals surface area (Å²) >= 11 is 0. The summed E-state index contributed by atoms with van der Waals surface area (Å²) in [6, 6.07) is 10.2.